The van der Waals surface area contributed by atoms with E-state index in [9.17, 15) is 0 Å². The van der Waals surface area contributed by atoms with Crippen LogP contribution in [-0.4, -0.2) is 71.8 Å². The van der Waals surface area contributed by atoms with Gasteiger partial charge in [0.05, 0.1) is 0 Å². The first-order chi connectivity index (χ1) is 13.3. The van der Waals surface area contributed by atoms with Gasteiger partial charge >= 0.3 is 0 Å². The molecular weight excluding hydrogens is 392 g/mol. The minimum absolute atomic E-state index is 0. The van der Waals surface area contributed by atoms with Crippen LogP contribution in [0.5, 0.6) is 0 Å². The summed E-state index contributed by atoms with van der Waals surface area (Å²) in [5.41, 5.74) is 24.7. The Kier molecular flexibility index (Phi) is 8.65. The summed E-state index contributed by atoms with van der Waals surface area (Å²) >= 11 is 0. The normalized spacial score (nSPS) is 27.7. The van der Waals surface area contributed by atoms with Crippen molar-refractivity contribution in [3.63, 3.8) is 0 Å². The van der Waals surface area contributed by atoms with Crippen LogP contribution < -0.4 is 38.1 Å². The first-order valence-electron chi connectivity index (χ1n) is 10.3. The summed E-state index contributed by atoms with van der Waals surface area (Å²) < 4.78 is 0. The number of rotatable bonds is 6. The molecule has 3 rings (SSSR count). The van der Waals surface area contributed by atoms with E-state index >= 15 is 0 Å². The third-order valence-electron chi connectivity index (χ3n) is 5.21. The highest BCUT2D eigenvalue weighted by Gasteiger charge is 2.28. The molecule has 0 aromatic carbocycles. The van der Waals surface area contributed by atoms with Gasteiger partial charge in [0, 0.05) is 56.9 Å². The fraction of sp³-hybridized carbons (Fsp3) is 0.833. The highest BCUT2D eigenvalue weighted by Crippen LogP contribution is 2.22. The molecule has 2 fully saturated rings. The molecule has 1 aromatic heterocycles. The van der Waals surface area contributed by atoms with Gasteiger partial charge in [-0.1, -0.05) is 13.8 Å². The highest BCUT2D eigenvalue weighted by molar-refractivity contribution is 5.85. The second-order valence-electron chi connectivity index (χ2n) is 8.69. The van der Waals surface area contributed by atoms with Crippen LogP contribution in [0.4, 0.5) is 17.8 Å². The molecule has 0 radical (unpaired) electrons. The van der Waals surface area contributed by atoms with Gasteiger partial charge < -0.3 is 38.1 Å². The zero-order valence-corrected chi connectivity index (χ0v) is 18.3. The minimum atomic E-state index is 0. The number of piperidine rings is 2. The largest absolute Gasteiger partial charge is 0.354 e. The Morgan fingerprint density at radius 1 is 0.828 bits per heavy atom. The second-order valence-corrected chi connectivity index (χ2v) is 8.69. The van der Waals surface area contributed by atoms with E-state index in [-0.39, 0.29) is 36.6 Å². The molecule has 2 aliphatic rings. The molecule has 4 atom stereocenters. The van der Waals surface area contributed by atoms with Crippen molar-refractivity contribution in [2.75, 3.05) is 47.8 Å². The van der Waals surface area contributed by atoms with Crippen LogP contribution in [0.3, 0.4) is 0 Å². The molecule has 10 nitrogen and oxygen atoms in total. The maximum atomic E-state index is 6.17. The number of anilines is 3. The molecule has 166 valence electrons. The van der Waals surface area contributed by atoms with Crippen LogP contribution in [0.15, 0.2) is 0 Å². The summed E-state index contributed by atoms with van der Waals surface area (Å²) in [6.45, 7) is 7.92. The molecule has 11 heteroatoms. The Morgan fingerprint density at radius 3 is 1.62 bits per heavy atom. The lowest BCUT2D eigenvalue weighted by Gasteiger charge is -2.37. The Balaban J connectivity index is 0.00000300. The molecule has 0 spiro atoms. The van der Waals surface area contributed by atoms with Gasteiger partial charge in [0.25, 0.3) is 0 Å². The number of hydrogen-bond acceptors (Lipinski definition) is 10. The van der Waals surface area contributed by atoms with Crippen molar-refractivity contribution in [3.8, 4) is 0 Å². The molecule has 0 saturated carbocycles. The van der Waals surface area contributed by atoms with Gasteiger partial charge in [-0.2, -0.15) is 15.0 Å². The lowest BCUT2D eigenvalue weighted by Crippen LogP contribution is -2.54. The third-order valence-corrected chi connectivity index (χ3v) is 5.21. The molecule has 2 saturated heterocycles. The second kappa shape index (κ2) is 10.5. The average Bonchev–Trinajstić information content (AvgIpc) is 2.59. The number of nitrogens with zero attached hydrogens (tertiary/aromatic N) is 5. The number of halogens is 1. The fourth-order valence-corrected chi connectivity index (χ4v) is 3.87. The summed E-state index contributed by atoms with van der Waals surface area (Å²) in [6.07, 6.45) is 2.66. The lowest BCUT2D eigenvalue weighted by atomic mass is 10.0. The average molecular weight is 429 g/mol. The highest BCUT2D eigenvalue weighted by atomic mass is 35.5. The van der Waals surface area contributed by atoms with E-state index in [0.717, 1.165) is 25.8 Å². The van der Waals surface area contributed by atoms with Gasteiger partial charge in [-0.15, -0.1) is 12.4 Å². The lowest BCUT2D eigenvalue weighted by molar-refractivity contribution is 0.441. The van der Waals surface area contributed by atoms with Crippen LogP contribution in [0.1, 0.15) is 33.1 Å². The van der Waals surface area contributed by atoms with E-state index in [1.165, 1.54) is 0 Å². The number of hydrogen-bond donors (Lipinski definition) is 5. The molecule has 0 bridgehead atoms. The Morgan fingerprint density at radius 2 is 1.24 bits per heavy atom. The standard InChI is InChI=1S/C18H36N10.ClH/c1-11(2)3-4-23-16-24-17(27-7-12(19)5-13(20)8-27)26-18(25-16)28-9-14(21)6-15(22)10-28;/h11-15H,3-10,19-22H2,1-2H3,(H,23,24,25,26);1H/t12-,13+,14-,15+;. The van der Waals surface area contributed by atoms with Crippen LogP contribution in [0.25, 0.3) is 0 Å². The van der Waals surface area contributed by atoms with Gasteiger partial charge in [-0.25, -0.2) is 0 Å². The predicted octanol–water partition coefficient (Wildman–Crippen LogP) is -0.519. The molecular formula is C18H37ClN10. The van der Waals surface area contributed by atoms with Crippen LogP contribution >= 0.6 is 12.4 Å². The van der Waals surface area contributed by atoms with Gasteiger partial charge in [0.1, 0.15) is 0 Å². The van der Waals surface area contributed by atoms with Crippen molar-refractivity contribution in [2.24, 2.45) is 28.9 Å². The molecule has 2 aliphatic heterocycles. The SMILES string of the molecule is CC(C)CCNc1nc(N2C[C@H](N)C[C@H](N)C2)nc(N2C[C@H](N)C[C@H](N)C2)n1.Cl. The van der Waals surface area contributed by atoms with E-state index in [0.29, 0.717) is 49.9 Å². The van der Waals surface area contributed by atoms with Crippen molar-refractivity contribution in [1.29, 1.82) is 0 Å². The predicted molar refractivity (Wildman–Crippen MR) is 121 cm³/mol. The van der Waals surface area contributed by atoms with Crippen LogP contribution in [0.2, 0.25) is 0 Å². The van der Waals surface area contributed by atoms with E-state index in [1.807, 2.05) is 0 Å². The van der Waals surface area contributed by atoms with Crippen molar-refractivity contribution >= 4 is 30.3 Å². The van der Waals surface area contributed by atoms with Gasteiger partial charge in [0.2, 0.25) is 17.8 Å². The molecule has 29 heavy (non-hydrogen) atoms. The Labute approximate surface area is 179 Å². The Hall–Kier alpha value is -1.46. The summed E-state index contributed by atoms with van der Waals surface area (Å²) in [5.74, 6) is 2.39. The van der Waals surface area contributed by atoms with Gasteiger partial charge in [0.15, 0.2) is 0 Å². The molecule has 0 amide bonds. The van der Waals surface area contributed by atoms with Gasteiger partial charge in [-0.05, 0) is 25.2 Å². The topological polar surface area (TPSA) is 161 Å². The maximum absolute atomic E-state index is 6.17. The van der Waals surface area contributed by atoms with E-state index in [1.54, 1.807) is 0 Å². The number of nitrogens with two attached hydrogens (primary N) is 4. The van der Waals surface area contributed by atoms with Crippen molar-refractivity contribution in [2.45, 2.75) is 57.3 Å². The number of aromatic nitrogens is 3. The molecule has 9 N–H and O–H groups in total. The fourth-order valence-electron chi connectivity index (χ4n) is 3.87. The summed E-state index contributed by atoms with van der Waals surface area (Å²) in [7, 11) is 0. The zero-order valence-electron chi connectivity index (χ0n) is 17.5. The zero-order chi connectivity index (χ0) is 20.3. The molecule has 0 unspecified atom stereocenters. The molecule has 0 aliphatic carbocycles. The van der Waals surface area contributed by atoms with E-state index in [2.05, 4.69) is 38.9 Å². The van der Waals surface area contributed by atoms with Crippen molar-refractivity contribution < 1.29 is 0 Å². The monoisotopic (exact) mass is 428 g/mol. The quantitative estimate of drug-likeness (QED) is 0.398. The first-order valence-corrected chi connectivity index (χ1v) is 10.3. The number of nitrogens with one attached hydrogen (secondary N) is 1. The third kappa shape index (κ3) is 6.78. The van der Waals surface area contributed by atoms with Gasteiger partial charge in [-0.3, -0.25) is 0 Å². The first kappa shape index (κ1) is 23.8. The Bertz CT molecular complexity index is 581. The van der Waals surface area contributed by atoms with Crippen LogP contribution in [0, 0.1) is 5.92 Å². The summed E-state index contributed by atoms with van der Waals surface area (Å²) in [4.78, 5) is 18.1. The van der Waals surface area contributed by atoms with Crippen molar-refractivity contribution in [1.82, 2.24) is 15.0 Å². The smallest absolute Gasteiger partial charge is 0.232 e. The van der Waals surface area contributed by atoms with E-state index < -0.39 is 0 Å². The maximum Gasteiger partial charge on any atom is 0.232 e. The van der Waals surface area contributed by atoms with E-state index in [4.69, 9.17) is 27.9 Å². The molecule has 1 aromatic rings. The molecule has 3 heterocycles. The summed E-state index contributed by atoms with van der Waals surface area (Å²) in [6, 6.07) is 0.0487. The van der Waals surface area contributed by atoms with Crippen molar-refractivity contribution in [3.05, 3.63) is 0 Å². The summed E-state index contributed by atoms with van der Waals surface area (Å²) in [5, 5.41) is 3.34. The van der Waals surface area contributed by atoms with Crippen LogP contribution in [-0.2, 0) is 0 Å². The minimum Gasteiger partial charge on any atom is -0.354 e.